The fourth-order valence-corrected chi connectivity index (χ4v) is 1.37. The van der Waals surface area contributed by atoms with Gasteiger partial charge in [-0.1, -0.05) is 11.6 Å². The van der Waals surface area contributed by atoms with Crippen molar-refractivity contribution in [2.24, 2.45) is 0 Å². The van der Waals surface area contributed by atoms with E-state index in [4.69, 9.17) is 11.6 Å². The van der Waals surface area contributed by atoms with Crippen LogP contribution in [0.2, 0.25) is 5.02 Å². The lowest BCUT2D eigenvalue weighted by Gasteiger charge is -2.13. The molecule has 2 nitrogen and oxygen atoms in total. The monoisotopic (exact) mass is 256 g/mol. The van der Waals surface area contributed by atoms with E-state index < -0.39 is 34.1 Å². The quantitative estimate of drug-likeness (QED) is 0.569. The second-order valence-corrected chi connectivity index (χ2v) is 3.18. The van der Waals surface area contributed by atoms with Gasteiger partial charge in [-0.2, -0.15) is 13.2 Å². The Labute approximate surface area is 92.8 Å². The zero-order valence-corrected chi connectivity index (χ0v) is 8.62. The standard InChI is InChI=1S/C9H5ClF4O2/c1-16-8(15)6-4(10)2-3-5(11)7(6)9(12,13)14/h2-3H,1H3. The molecule has 0 atom stereocenters. The molecule has 0 saturated carbocycles. The van der Waals surface area contributed by atoms with E-state index in [9.17, 15) is 22.4 Å². The van der Waals surface area contributed by atoms with E-state index in [2.05, 4.69) is 4.74 Å². The van der Waals surface area contributed by atoms with E-state index in [0.717, 1.165) is 13.2 Å². The molecular weight excluding hydrogens is 252 g/mol. The summed E-state index contributed by atoms with van der Waals surface area (Å²) in [5.74, 6) is -2.91. The van der Waals surface area contributed by atoms with Gasteiger partial charge in [0.1, 0.15) is 11.4 Å². The van der Waals surface area contributed by atoms with Crippen molar-refractivity contribution in [2.75, 3.05) is 7.11 Å². The van der Waals surface area contributed by atoms with E-state index in [1.165, 1.54) is 0 Å². The molecule has 1 aromatic carbocycles. The van der Waals surface area contributed by atoms with Crippen molar-refractivity contribution >= 4 is 17.6 Å². The second kappa shape index (κ2) is 4.29. The first-order valence-electron chi connectivity index (χ1n) is 3.92. The molecule has 0 amide bonds. The van der Waals surface area contributed by atoms with E-state index in [0.29, 0.717) is 6.07 Å². The fourth-order valence-electron chi connectivity index (χ4n) is 1.13. The molecule has 0 spiro atoms. The molecule has 0 unspecified atom stereocenters. The Bertz CT molecular complexity index is 428. The van der Waals surface area contributed by atoms with Crippen LogP contribution in [0.1, 0.15) is 15.9 Å². The van der Waals surface area contributed by atoms with Crippen LogP contribution in [0.15, 0.2) is 12.1 Å². The number of carbonyl (C=O) groups is 1. The highest BCUT2D eigenvalue weighted by Crippen LogP contribution is 2.37. The average molecular weight is 257 g/mol. The summed E-state index contributed by atoms with van der Waals surface area (Å²) >= 11 is 5.41. The molecule has 0 aliphatic carbocycles. The minimum absolute atomic E-state index is 0.513. The normalized spacial score (nSPS) is 11.4. The smallest absolute Gasteiger partial charge is 0.420 e. The van der Waals surface area contributed by atoms with Crippen LogP contribution in [0.25, 0.3) is 0 Å². The van der Waals surface area contributed by atoms with Gasteiger partial charge in [-0.25, -0.2) is 9.18 Å². The maximum absolute atomic E-state index is 13.0. The molecule has 0 bridgehead atoms. The highest BCUT2D eigenvalue weighted by molar-refractivity contribution is 6.33. The molecule has 7 heteroatoms. The van der Waals surface area contributed by atoms with Gasteiger partial charge in [-0.3, -0.25) is 0 Å². The molecule has 0 saturated heterocycles. The number of methoxy groups -OCH3 is 1. The van der Waals surface area contributed by atoms with E-state index in [1.807, 2.05) is 0 Å². The lowest BCUT2D eigenvalue weighted by atomic mass is 10.1. The Morgan fingerprint density at radius 1 is 1.38 bits per heavy atom. The third-order valence-corrected chi connectivity index (χ3v) is 2.09. The van der Waals surface area contributed by atoms with E-state index in [-0.39, 0.29) is 0 Å². The lowest BCUT2D eigenvalue weighted by molar-refractivity contribution is -0.140. The highest BCUT2D eigenvalue weighted by atomic mass is 35.5. The Balaban J connectivity index is 3.56. The van der Waals surface area contributed by atoms with Gasteiger partial charge in [0.15, 0.2) is 0 Å². The Morgan fingerprint density at radius 2 is 1.94 bits per heavy atom. The molecule has 88 valence electrons. The first-order chi connectivity index (χ1) is 7.29. The second-order valence-electron chi connectivity index (χ2n) is 2.77. The number of carbonyl (C=O) groups excluding carboxylic acids is 1. The minimum atomic E-state index is -5.02. The van der Waals surface area contributed by atoms with Crippen molar-refractivity contribution in [3.8, 4) is 0 Å². The van der Waals surface area contributed by atoms with Gasteiger partial charge in [0.2, 0.25) is 0 Å². The number of ether oxygens (including phenoxy) is 1. The van der Waals surface area contributed by atoms with Gasteiger partial charge in [0.25, 0.3) is 0 Å². The van der Waals surface area contributed by atoms with Gasteiger partial charge in [0, 0.05) is 0 Å². The van der Waals surface area contributed by atoms with E-state index in [1.54, 1.807) is 0 Å². The Hall–Kier alpha value is -1.30. The summed E-state index contributed by atoms with van der Waals surface area (Å²) in [6, 6.07) is 1.40. The van der Waals surface area contributed by atoms with Crippen LogP contribution in [0.5, 0.6) is 0 Å². The SMILES string of the molecule is COC(=O)c1c(Cl)ccc(F)c1C(F)(F)F. The fraction of sp³-hybridized carbons (Fsp3) is 0.222. The Morgan fingerprint density at radius 3 is 2.38 bits per heavy atom. The molecule has 1 rings (SSSR count). The first kappa shape index (κ1) is 12.8. The van der Waals surface area contributed by atoms with Crippen LogP contribution < -0.4 is 0 Å². The summed E-state index contributed by atoms with van der Waals surface area (Å²) in [6.07, 6.45) is -5.02. The van der Waals surface area contributed by atoms with Crippen LogP contribution >= 0.6 is 11.6 Å². The number of esters is 1. The van der Waals surface area contributed by atoms with Crippen molar-refractivity contribution < 1.29 is 27.1 Å². The number of rotatable bonds is 1. The zero-order chi connectivity index (χ0) is 12.5. The largest absolute Gasteiger partial charge is 0.465 e. The molecule has 0 aliphatic heterocycles. The van der Waals surface area contributed by atoms with Crippen LogP contribution in [0.3, 0.4) is 0 Å². The summed E-state index contributed by atoms with van der Waals surface area (Å²) < 4.78 is 54.6. The zero-order valence-electron chi connectivity index (χ0n) is 7.86. The van der Waals surface area contributed by atoms with Crippen LogP contribution in [-0.2, 0) is 10.9 Å². The topological polar surface area (TPSA) is 26.3 Å². The number of alkyl halides is 3. The summed E-state index contributed by atoms with van der Waals surface area (Å²) in [6.45, 7) is 0. The van der Waals surface area contributed by atoms with Crippen LogP contribution in [-0.4, -0.2) is 13.1 Å². The molecule has 0 fully saturated rings. The van der Waals surface area contributed by atoms with E-state index >= 15 is 0 Å². The summed E-state index contributed by atoms with van der Waals surface area (Å²) in [5, 5.41) is -0.513. The van der Waals surface area contributed by atoms with Crippen molar-refractivity contribution in [3.63, 3.8) is 0 Å². The number of hydrogen-bond acceptors (Lipinski definition) is 2. The molecule has 1 aromatic rings. The maximum Gasteiger partial charge on any atom is 0.420 e. The summed E-state index contributed by atoms with van der Waals surface area (Å²) in [7, 11) is 0.879. The van der Waals surface area contributed by atoms with Gasteiger partial charge < -0.3 is 4.74 Å². The number of benzene rings is 1. The van der Waals surface area contributed by atoms with Crippen LogP contribution in [0.4, 0.5) is 17.6 Å². The molecule has 0 radical (unpaired) electrons. The summed E-state index contributed by atoms with van der Waals surface area (Å²) in [5.41, 5.74) is -2.73. The maximum atomic E-state index is 13.0. The third kappa shape index (κ3) is 2.27. The predicted octanol–water partition coefficient (Wildman–Crippen LogP) is 3.28. The number of halogens is 5. The summed E-state index contributed by atoms with van der Waals surface area (Å²) in [4.78, 5) is 11.1. The van der Waals surface area contributed by atoms with Gasteiger partial charge in [0.05, 0.1) is 17.7 Å². The van der Waals surface area contributed by atoms with Crippen molar-refractivity contribution in [1.29, 1.82) is 0 Å². The van der Waals surface area contributed by atoms with Crippen LogP contribution in [0, 0.1) is 5.82 Å². The molecule has 0 N–H and O–H groups in total. The van der Waals surface area contributed by atoms with Crippen molar-refractivity contribution in [3.05, 3.63) is 34.1 Å². The molecule has 0 aliphatic rings. The molecule has 0 heterocycles. The predicted molar refractivity (Wildman–Crippen MR) is 47.8 cm³/mol. The third-order valence-electron chi connectivity index (χ3n) is 1.78. The molecule has 16 heavy (non-hydrogen) atoms. The minimum Gasteiger partial charge on any atom is -0.465 e. The molecular formula is C9H5ClF4O2. The van der Waals surface area contributed by atoms with Crippen molar-refractivity contribution in [1.82, 2.24) is 0 Å². The van der Waals surface area contributed by atoms with Crippen molar-refractivity contribution in [2.45, 2.75) is 6.18 Å². The first-order valence-corrected chi connectivity index (χ1v) is 4.30. The molecule has 0 aromatic heterocycles. The average Bonchev–Trinajstić information content (AvgIpc) is 2.18. The van der Waals surface area contributed by atoms with Gasteiger partial charge in [-0.05, 0) is 12.1 Å². The number of hydrogen-bond donors (Lipinski definition) is 0. The Kier molecular flexibility index (Phi) is 3.42. The van der Waals surface area contributed by atoms with Gasteiger partial charge >= 0.3 is 12.1 Å². The van der Waals surface area contributed by atoms with Gasteiger partial charge in [-0.15, -0.1) is 0 Å². The lowest BCUT2D eigenvalue weighted by Crippen LogP contribution is -2.17. The highest BCUT2D eigenvalue weighted by Gasteiger charge is 2.40.